The molecule has 0 radical (unpaired) electrons. The van der Waals surface area contributed by atoms with Crippen LogP contribution in [0.2, 0.25) is 0 Å². The van der Waals surface area contributed by atoms with Gasteiger partial charge in [0.15, 0.2) is 0 Å². The molecule has 1 amide bonds. The Labute approximate surface area is 166 Å². The third-order valence-corrected chi connectivity index (χ3v) is 4.13. The molecule has 3 rings (SSSR count). The summed E-state index contributed by atoms with van der Waals surface area (Å²) in [5.41, 5.74) is 1.15. The van der Waals surface area contributed by atoms with E-state index in [0.717, 1.165) is 34.0 Å². The Hall–Kier alpha value is -3.94. The summed E-state index contributed by atoms with van der Waals surface area (Å²) >= 11 is 0. The van der Waals surface area contributed by atoms with Gasteiger partial charge in [-0.1, -0.05) is 42.5 Å². The lowest BCUT2D eigenvalue weighted by molar-refractivity contribution is -0.385. The summed E-state index contributed by atoms with van der Waals surface area (Å²) in [7, 11) is 0. The smallest absolute Gasteiger partial charge is 0.285 e. The summed E-state index contributed by atoms with van der Waals surface area (Å²) < 4.78 is 6.77. The molecule has 0 aliphatic rings. The van der Waals surface area contributed by atoms with Crippen LogP contribution in [-0.2, 0) is 24.5 Å². The second-order valence-corrected chi connectivity index (χ2v) is 6.31. The van der Waals surface area contributed by atoms with E-state index < -0.39 is 16.4 Å². The second kappa shape index (κ2) is 9.32. The van der Waals surface area contributed by atoms with Gasteiger partial charge in [-0.15, -0.1) is 0 Å². The van der Waals surface area contributed by atoms with Crippen LogP contribution in [0.4, 0.5) is 5.69 Å². The maximum Gasteiger partial charge on any atom is 0.285 e. The van der Waals surface area contributed by atoms with Crippen molar-refractivity contribution in [1.29, 1.82) is 0 Å². The highest BCUT2D eigenvalue weighted by Gasteiger charge is 2.10. The molecule has 1 heterocycles. The van der Waals surface area contributed by atoms with Crippen LogP contribution in [0.1, 0.15) is 11.1 Å². The summed E-state index contributed by atoms with van der Waals surface area (Å²) in [4.78, 5) is 34.1. The highest BCUT2D eigenvalue weighted by atomic mass is 16.6. The van der Waals surface area contributed by atoms with Gasteiger partial charge in [0.25, 0.3) is 11.2 Å². The van der Waals surface area contributed by atoms with Crippen LogP contribution in [0.5, 0.6) is 5.75 Å². The maximum atomic E-state index is 12.1. The van der Waals surface area contributed by atoms with Gasteiger partial charge < -0.3 is 10.1 Å². The van der Waals surface area contributed by atoms with Crippen molar-refractivity contribution in [3.05, 3.63) is 105 Å². The molecule has 0 unspecified atom stereocenters. The highest BCUT2D eigenvalue weighted by molar-refractivity contribution is 5.75. The lowest BCUT2D eigenvalue weighted by Crippen LogP contribution is -2.31. The van der Waals surface area contributed by atoms with Crippen molar-refractivity contribution in [1.82, 2.24) is 9.88 Å². The van der Waals surface area contributed by atoms with Crippen LogP contribution in [0.3, 0.4) is 0 Å². The molecular weight excluding hydrogens is 374 g/mol. The summed E-state index contributed by atoms with van der Waals surface area (Å²) in [5, 5.41) is 13.5. The van der Waals surface area contributed by atoms with Gasteiger partial charge >= 0.3 is 0 Å². The average molecular weight is 393 g/mol. The van der Waals surface area contributed by atoms with E-state index in [4.69, 9.17) is 4.74 Å². The van der Waals surface area contributed by atoms with Crippen LogP contribution < -0.4 is 15.6 Å². The third kappa shape index (κ3) is 5.77. The maximum absolute atomic E-state index is 12.1. The fraction of sp³-hybridized carbons (Fsp3) is 0.143. The van der Waals surface area contributed by atoms with Gasteiger partial charge in [0.05, 0.1) is 11.1 Å². The predicted octanol–water partition coefficient (Wildman–Crippen LogP) is 2.65. The number of hydrogen-bond acceptors (Lipinski definition) is 5. The van der Waals surface area contributed by atoms with E-state index in [1.165, 1.54) is 0 Å². The largest absolute Gasteiger partial charge is 0.489 e. The lowest BCUT2D eigenvalue weighted by Gasteiger charge is -2.10. The Morgan fingerprint density at radius 3 is 2.55 bits per heavy atom. The number of nitrogens with zero attached hydrogens (tertiary/aromatic N) is 2. The van der Waals surface area contributed by atoms with Gasteiger partial charge in [0.2, 0.25) is 5.91 Å². The molecule has 1 aromatic heterocycles. The van der Waals surface area contributed by atoms with E-state index in [2.05, 4.69) is 5.32 Å². The second-order valence-electron chi connectivity index (χ2n) is 6.31. The van der Waals surface area contributed by atoms with Gasteiger partial charge in [-0.05, 0) is 23.3 Å². The number of benzene rings is 2. The molecule has 0 aliphatic heterocycles. The molecule has 0 aliphatic carbocycles. The van der Waals surface area contributed by atoms with Gasteiger partial charge in [0.1, 0.15) is 18.9 Å². The van der Waals surface area contributed by atoms with Crippen LogP contribution in [0.25, 0.3) is 0 Å². The molecule has 3 aromatic rings. The lowest BCUT2D eigenvalue weighted by atomic mass is 10.2. The van der Waals surface area contributed by atoms with Crippen molar-refractivity contribution in [2.24, 2.45) is 0 Å². The Bertz CT molecular complexity index is 1060. The fourth-order valence-electron chi connectivity index (χ4n) is 2.65. The molecule has 2 aromatic carbocycles. The topological polar surface area (TPSA) is 103 Å². The van der Waals surface area contributed by atoms with Crippen molar-refractivity contribution in [2.45, 2.75) is 19.7 Å². The molecule has 8 nitrogen and oxygen atoms in total. The van der Waals surface area contributed by atoms with E-state index in [0.29, 0.717) is 12.4 Å². The molecule has 29 heavy (non-hydrogen) atoms. The van der Waals surface area contributed by atoms with Gasteiger partial charge in [0, 0.05) is 18.7 Å². The molecule has 0 saturated carbocycles. The van der Waals surface area contributed by atoms with E-state index in [1.54, 1.807) is 0 Å². The van der Waals surface area contributed by atoms with Gasteiger partial charge in [-0.2, -0.15) is 0 Å². The van der Waals surface area contributed by atoms with E-state index >= 15 is 0 Å². The number of nitro groups is 1. The van der Waals surface area contributed by atoms with Crippen LogP contribution in [-0.4, -0.2) is 15.4 Å². The van der Waals surface area contributed by atoms with Crippen molar-refractivity contribution in [2.75, 3.05) is 0 Å². The first-order valence-electron chi connectivity index (χ1n) is 8.88. The average Bonchev–Trinajstić information content (AvgIpc) is 2.73. The molecule has 0 spiro atoms. The SMILES string of the molecule is O=C(Cn1cc([N+](=O)[O-])ccc1=O)NCc1cccc(OCc2ccccc2)c1. The van der Waals surface area contributed by atoms with Crippen molar-refractivity contribution in [3.63, 3.8) is 0 Å². The Morgan fingerprint density at radius 1 is 1.03 bits per heavy atom. The minimum absolute atomic E-state index is 0.241. The van der Waals surface area contributed by atoms with Crippen molar-refractivity contribution < 1.29 is 14.5 Å². The van der Waals surface area contributed by atoms with Crippen molar-refractivity contribution >= 4 is 11.6 Å². The third-order valence-electron chi connectivity index (χ3n) is 4.13. The zero-order valence-electron chi connectivity index (χ0n) is 15.5. The number of carbonyl (C=O) groups is 1. The Morgan fingerprint density at radius 2 is 1.79 bits per heavy atom. The van der Waals surface area contributed by atoms with Gasteiger partial charge in [-0.25, -0.2) is 0 Å². The zero-order valence-corrected chi connectivity index (χ0v) is 15.5. The molecule has 0 bridgehead atoms. The summed E-state index contributed by atoms with van der Waals surface area (Å²) in [6, 6.07) is 19.3. The number of amides is 1. The minimum Gasteiger partial charge on any atom is -0.489 e. The Balaban J connectivity index is 1.56. The summed E-state index contributed by atoms with van der Waals surface area (Å²) in [6.07, 6.45) is 1.06. The van der Waals surface area contributed by atoms with E-state index in [-0.39, 0.29) is 18.8 Å². The molecule has 1 N–H and O–H groups in total. The number of ether oxygens (including phenoxy) is 1. The number of pyridine rings is 1. The molecule has 148 valence electrons. The first-order valence-corrected chi connectivity index (χ1v) is 8.88. The minimum atomic E-state index is -0.616. The molecule has 0 atom stereocenters. The zero-order chi connectivity index (χ0) is 20.6. The first-order chi connectivity index (χ1) is 14.0. The number of carbonyl (C=O) groups excluding carboxylic acids is 1. The normalized spacial score (nSPS) is 10.3. The van der Waals surface area contributed by atoms with Crippen LogP contribution >= 0.6 is 0 Å². The molecule has 0 saturated heterocycles. The summed E-state index contributed by atoms with van der Waals surface area (Å²) in [6.45, 7) is 0.377. The summed E-state index contributed by atoms with van der Waals surface area (Å²) in [5.74, 6) is 0.249. The molecule has 0 fully saturated rings. The number of nitrogens with one attached hydrogen (secondary N) is 1. The molecule has 8 heteroatoms. The predicted molar refractivity (Wildman–Crippen MR) is 106 cm³/mol. The fourth-order valence-corrected chi connectivity index (χ4v) is 2.65. The number of hydrogen-bond donors (Lipinski definition) is 1. The standard InChI is InChI=1S/C21H19N3O5/c25-20(14-23-13-18(24(27)28)9-10-21(23)26)22-12-17-7-4-8-19(11-17)29-15-16-5-2-1-3-6-16/h1-11,13H,12,14-15H2,(H,22,25). The molecular formula is C21H19N3O5. The number of aromatic nitrogens is 1. The first kappa shape index (κ1) is 19.8. The van der Waals surface area contributed by atoms with Crippen LogP contribution in [0.15, 0.2) is 77.7 Å². The van der Waals surface area contributed by atoms with Crippen LogP contribution in [0, 0.1) is 10.1 Å². The monoisotopic (exact) mass is 393 g/mol. The van der Waals surface area contributed by atoms with Gasteiger partial charge in [-0.3, -0.25) is 24.3 Å². The Kier molecular flexibility index (Phi) is 6.36. The number of rotatable bonds is 8. The quantitative estimate of drug-likeness (QED) is 0.468. The van der Waals surface area contributed by atoms with E-state index in [1.807, 2.05) is 54.6 Å². The van der Waals surface area contributed by atoms with E-state index in [9.17, 15) is 19.7 Å². The highest BCUT2D eigenvalue weighted by Crippen LogP contribution is 2.15. The van der Waals surface area contributed by atoms with Crippen molar-refractivity contribution in [3.8, 4) is 5.75 Å².